The Morgan fingerprint density at radius 3 is 2.00 bits per heavy atom. The minimum atomic E-state index is -0.481. The summed E-state index contributed by atoms with van der Waals surface area (Å²) in [5.74, 6) is -0.617. The highest BCUT2D eigenvalue weighted by molar-refractivity contribution is 5.92. The number of primary amides is 1. The van der Waals surface area contributed by atoms with Gasteiger partial charge in [0, 0.05) is 17.7 Å². The van der Waals surface area contributed by atoms with Crippen molar-refractivity contribution in [2.75, 3.05) is 6.54 Å². The largest absolute Gasteiger partial charge is 0.366 e. The summed E-state index contributed by atoms with van der Waals surface area (Å²) in [6.45, 7) is 12.4. The third kappa shape index (κ3) is 14.9. The highest BCUT2D eigenvalue weighted by atomic mass is 16.1. The molecule has 0 aliphatic rings. The fraction of sp³-hybridized carbons (Fsp3) is 0.455. The summed E-state index contributed by atoms with van der Waals surface area (Å²) in [6.07, 6.45) is 1.06. The summed E-state index contributed by atoms with van der Waals surface area (Å²) < 4.78 is 0. The van der Waals surface area contributed by atoms with Gasteiger partial charge in [0.15, 0.2) is 0 Å². The second-order valence-corrected chi connectivity index (χ2v) is 4.06. The van der Waals surface area contributed by atoms with Crippen LogP contribution in [-0.2, 0) is 9.59 Å². The van der Waals surface area contributed by atoms with Crippen molar-refractivity contribution in [3.63, 3.8) is 0 Å². The van der Waals surface area contributed by atoms with Gasteiger partial charge in [0.25, 0.3) is 0 Å². The van der Waals surface area contributed by atoms with Crippen molar-refractivity contribution in [2.24, 2.45) is 11.5 Å². The minimum absolute atomic E-state index is 0.136. The van der Waals surface area contributed by atoms with E-state index in [9.17, 15) is 9.59 Å². The molecular weight excluding hydrogens is 206 g/mol. The molecule has 0 aliphatic heterocycles. The molecule has 5 heteroatoms. The van der Waals surface area contributed by atoms with Gasteiger partial charge in [0.05, 0.1) is 0 Å². The molecule has 16 heavy (non-hydrogen) atoms. The lowest BCUT2D eigenvalue weighted by atomic mass is 10.1. The van der Waals surface area contributed by atoms with Gasteiger partial charge in [0.1, 0.15) is 0 Å². The second-order valence-electron chi connectivity index (χ2n) is 4.06. The molecule has 0 saturated carbocycles. The fourth-order valence-corrected chi connectivity index (χ4v) is 0.459. The molecule has 0 rings (SSSR count). The van der Waals surface area contributed by atoms with Crippen LogP contribution >= 0.6 is 0 Å². The van der Waals surface area contributed by atoms with E-state index < -0.39 is 5.91 Å². The van der Waals surface area contributed by atoms with Crippen LogP contribution in [0.15, 0.2) is 24.8 Å². The SMILES string of the molecule is C=C(C)C(=O)NCC(C)(C)N.C=CC(N)=O. The molecule has 5 nitrogen and oxygen atoms in total. The molecule has 0 unspecified atom stereocenters. The predicted molar refractivity (Wildman–Crippen MR) is 65.5 cm³/mol. The number of amides is 2. The number of carbonyl (C=O) groups is 2. The molecule has 5 N–H and O–H groups in total. The average molecular weight is 227 g/mol. The number of hydrogen-bond acceptors (Lipinski definition) is 3. The molecule has 0 fully saturated rings. The van der Waals surface area contributed by atoms with Crippen LogP contribution in [0.2, 0.25) is 0 Å². The molecule has 0 saturated heterocycles. The van der Waals surface area contributed by atoms with Crippen LogP contribution < -0.4 is 16.8 Å². The van der Waals surface area contributed by atoms with Crippen LogP contribution in [0, 0.1) is 0 Å². The summed E-state index contributed by atoms with van der Waals surface area (Å²) in [5, 5.41) is 2.66. The van der Waals surface area contributed by atoms with E-state index in [-0.39, 0.29) is 11.4 Å². The van der Waals surface area contributed by atoms with Crippen LogP contribution in [0.5, 0.6) is 0 Å². The first-order valence-electron chi connectivity index (χ1n) is 4.74. The lowest BCUT2D eigenvalue weighted by Gasteiger charge is -2.18. The van der Waals surface area contributed by atoms with E-state index >= 15 is 0 Å². The molecule has 92 valence electrons. The molecule has 0 atom stereocenters. The van der Waals surface area contributed by atoms with E-state index in [2.05, 4.69) is 24.2 Å². The Hall–Kier alpha value is -1.62. The van der Waals surface area contributed by atoms with Crippen LogP contribution in [0.4, 0.5) is 0 Å². The zero-order valence-corrected chi connectivity index (χ0v) is 10.2. The van der Waals surface area contributed by atoms with E-state index in [4.69, 9.17) is 5.73 Å². The van der Waals surface area contributed by atoms with Crippen LogP contribution in [-0.4, -0.2) is 23.9 Å². The lowest BCUT2D eigenvalue weighted by molar-refractivity contribution is -0.117. The Balaban J connectivity index is 0. The number of nitrogens with two attached hydrogens (primary N) is 2. The average Bonchev–Trinajstić information content (AvgIpc) is 2.13. The lowest BCUT2D eigenvalue weighted by Crippen LogP contribution is -2.45. The predicted octanol–water partition coefficient (Wildman–Crippen LogP) is 0.0737. The first-order chi connectivity index (χ1) is 7.10. The standard InChI is InChI=1S/C8H16N2O.C3H5NO/c1-6(2)7(11)10-5-8(3,4)9;1-2-3(4)5/h1,5,9H2,2-4H3,(H,10,11);2H,1H2,(H2,4,5). The van der Waals surface area contributed by atoms with Crippen molar-refractivity contribution in [1.29, 1.82) is 0 Å². The number of hydrogen-bond donors (Lipinski definition) is 3. The molecular formula is C11H21N3O2. The molecule has 0 heterocycles. The van der Waals surface area contributed by atoms with E-state index in [1.165, 1.54) is 0 Å². The normalized spacial score (nSPS) is 9.50. The Kier molecular flexibility index (Phi) is 8.02. The third-order valence-electron chi connectivity index (χ3n) is 1.29. The monoisotopic (exact) mass is 227 g/mol. The van der Waals surface area contributed by atoms with Crippen molar-refractivity contribution in [3.8, 4) is 0 Å². The van der Waals surface area contributed by atoms with Gasteiger partial charge in [-0.3, -0.25) is 9.59 Å². The Morgan fingerprint density at radius 1 is 1.44 bits per heavy atom. The molecule has 0 radical (unpaired) electrons. The quantitative estimate of drug-likeness (QED) is 0.593. The summed E-state index contributed by atoms with van der Waals surface area (Å²) in [6, 6.07) is 0. The highest BCUT2D eigenvalue weighted by Gasteiger charge is 2.11. The van der Waals surface area contributed by atoms with Crippen molar-refractivity contribution >= 4 is 11.8 Å². The number of nitrogens with one attached hydrogen (secondary N) is 1. The summed E-state index contributed by atoms with van der Waals surface area (Å²) in [5.41, 5.74) is 10.3. The number of carbonyl (C=O) groups excluding carboxylic acids is 2. The van der Waals surface area contributed by atoms with Gasteiger partial charge in [-0.1, -0.05) is 13.2 Å². The van der Waals surface area contributed by atoms with Gasteiger partial charge in [-0.05, 0) is 26.8 Å². The van der Waals surface area contributed by atoms with Gasteiger partial charge in [-0.25, -0.2) is 0 Å². The molecule has 0 aromatic heterocycles. The van der Waals surface area contributed by atoms with Crippen molar-refractivity contribution in [3.05, 3.63) is 24.8 Å². The van der Waals surface area contributed by atoms with Crippen molar-refractivity contribution in [1.82, 2.24) is 5.32 Å². The van der Waals surface area contributed by atoms with Gasteiger partial charge < -0.3 is 16.8 Å². The van der Waals surface area contributed by atoms with Gasteiger partial charge >= 0.3 is 0 Å². The van der Waals surface area contributed by atoms with Crippen molar-refractivity contribution in [2.45, 2.75) is 26.3 Å². The topological polar surface area (TPSA) is 98.2 Å². The maximum atomic E-state index is 10.9. The molecule has 2 amide bonds. The van der Waals surface area contributed by atoms with Crippen molar-refractivity contribution < 1.29 is 9.59 Å². The Morgan fingerprint density at radius 2 is 1.81 bits per heavy atom. The molecule has 0 aromatic carbocycles. The molecule has 0 aliphatic carbocycles. The fourth-order valence-electron chi connectivity index (χ4n) is 0.459. The van der Waals surface area contributed by atoms with Gasteiger partial charge in [-0.2, -0.15) is 0 Å². The van der Waals surface area contributed by atoms with E-state index in [1.54, 1.807) is 6.92 Å². The van der Waals surface area contributed by atoms with E-state index in [0.29, 0.717) is 12.1 Å². The molecule has 0 spiro atoms. The van der Waals surface area contributed by atoms with E-state index in [1.807, 2.05) is 13.8 Å². The first kappa shape index (κ1) is 16.8. The second kappa shape index (κ2) is 7.64. The molecule has 0 aromatic rings. The smallest absolute Gasteiger partial charge is 0.246 e. The Bertz CT molecular complexity index is 277. The van der Waals surface area contributed by atoms with Crippen LogP contribution in [0.25, 0.3) is 0 Å². The minimum Gasteiger partial charge on any atom is -0.366 e. The zero-order chi connectivity index (χ0) is 13.4. The first-order valence-corrected chi connectivity index (χ1v) is 4.74. The summed E-state index contributed by atoms with van der Waals surface area (Å²) in [7, 11) is 0. The third-order valence-corrected chi connectivity index (χ3v) is 1.29. The van der Waals surface area contributed by atoms with E-state index in [0.717, 1.165) is 6.08 Å². The summed E-state index contributed by atoms with van der Waals surface area (Å²) in [4.78, 5) is 20.4. The summed E-state index contributed by atoms with van der Waals surface area (Å²) >= 11 is 0. The maximum Gasteiger partial charge on any atom is 0.246 e. The zero-order valence-electron chi connectivity index (χ0n) is 10.2. The van der Waals surface area contributed by atoms with Crippen LogP contribution in [0.1, 0.15) is 20.8 Å². The molecule has 0 bridgehead atoms. The van der Waals surface area contributed by atoms with Crippen LogP contribution in [0.3, 0.4) is 0 Å². The van der Waals surface area contributed by atoms with Gasteiger partial charge in [0.2, 0.25) is 11.8 Å². The highest BCUT2D eigenvalue weighted by Crippen LogP contribution is 1.94. The Labute approximate surface area is 96.6 Å². The number of rotatable bonds is 4. The maximum absolute atomic E-state index is 10.9. The van der Waals surface area contributed by atoms with Gasteiger partial charge in [-0.15, -0.1) is 0 Å².